The first-order valence-corrected chi connectivity index (χ1v) is 10.2. The predicted molar refractivity (Wildman–Crippen MR) is 117 cm³/mol. The standard InChI is InChI=1S/C24H26N2O4/c1-15-6-7-19(11-16(15)2)26(24(28)22-5-4-10-30-22)14-18-12-17-13-20(29-3)8-9-21(17)25-23(18)27/h6-9,11-13,22H,4-5,10,14H2,1-3H3,(H,25,27)/t22-/m0/s1. The van der Waals surface area contributed by atoms with E-state index in [2.05, 4.69) is 4.98 Å². The Balaban J connectivity index is 1.75. The van der Waals surface area contributed by atoms with Crippen molar-refractivity contribution in [3.05, 3.63) is 69.5 Å². The second-order valence-corrected chi connectivity index (χ2v) is 7.77. The number of amides is 1. The third kappa shape index (κ3) is 3.96. The quantitative estimate of drug-likeness (QED) is 0.698. The monoisotopic (exact) mass is 406 g/mol. The van der Waals surface area contributed by atoms with E-state index in [9.17, 15) is 9.59 Å². The van der Waals surface area contributed by atoms with Crippen molar-refractivity contribution in [2.45, 2.75) is 39.3 Å². The number of ether oxygens (including phenoxy) is 2. The number of nitrogens with one attached hydrogen (secondary N) is 1. The van der Waals surface area contributed by atoms with Crippen LogP contribution in [0.5, 0.6) is 5.75 Å². The molecule has 1 fully saturated rings. The maximum Gasteiger partial charge on any atom is 0.256 e. The Morgan fingerprint density at radius 3 is 2.70 bits per heavy atom. The fraction of sp³-hybridized carbons (Fsp3) is 0.333. The van der Waals surface area contributed by atoms with Gasteiger partial charge in [0, 0.05) is 28.8 Å². The summed E-state index contributed by atoms with van der Waals surface area (Å²) in [6, 6.07) is 13.2. The molecule has 1 amide bonds. The topological polar surface area (TPSA) is 71.6 Å². The van der Waals surface area contributed by atoms with Crippen molar-refractivity contribution in [3.8, 4) is 5.75 Å². The second kappa shape index (κ2) is 8.32. The summed E-state index contributed by atoms with van der Waals surface area (Å²) >= 11 is 0. The van der Waals surface area contributed by atoms with Crippen LogP contribution in [-0.4, -0.2) is 30.7 Å². The molecule has 0 bridgehead atoms. The van der Waals surface area contributed by atoms with Crippen LogP contribution < -0.4 is 15.2 Å². The van der Waals surface area contributed by atoms with Crippen LogP contribution in [0.15, 0.2) is 47.3 Å². The van der Waals surface area contributed by atoms with Crippen LogP contribution in [0.25, 0.3) is 10.9 Å². The lowest BCUT2D eigenvalue weighted by Crippen LogP contribution is -2.39. The lowest BCUT2D eigenvalue weighted by Gasteiger charge is -2.26. The van der Waals surface area contributed by atoms with Gasteiger partial charge in [-0.3, -0.25) is 9.59 Å². The number of nitrogens with zero attached hydrogens (tertiary/aromatic N) is 1. The molecule has 1 atom stereocenters. The highest BCUT2D eigenvalue weighted by molar-refractivity contribution is 5.97. The number of anilines is 1. The van der Waals surface area contributed by atoms with Gasteiger partial charge in [-0.05, 0) is 74.2 Å². The fourth-order valence-electron chi connectivity index (χ4n) is 3.78. The maximum atomic E-state index is 13.3. The number of aromatic nitrogens is 1. The maximum absolute atomic E-state index is 13.3. The molecule has 2 heterocycles. The summed E-state index contributed by atoms with van der Waals surface area (Å²) in [4.78, 5) is 30.6. The molecular formula is C24H26N2O4. The number of hydrogen-bond acceptors (Lipinski definition) is 4. The highest BCUT2D eigenvalue weighted by atomic mass is 16.5. The van der Waals surface area contributed by atoms with Gasteiger partial charge in [-0.2, -0.15) is 0 Å². The van der Waals surface area contributed by atoms with Crippen molar-refractivity contribution in [1.82, 2.24) is 4.98 Å². The molecule has 0 radical (unpaired) electrons. The Labute approximate surface area is 175 Å². The lowest BCUT2D eigenvalue weighted by molar-refractivity contribution is -0.127. The molecule has 0 aliphatic carbocycles. The molecule has 1 N–H and O–H groups in total. The molecule has 6 nitrogen and oxygen atoms in total. The van der Waals surface area contributed by atoms with Crippen molar-refractivity contribution in [1.29, 1.82) is 0 Å². The van der Waals surface area contributed by atoms with Crippen LogP contribution in [0, 0.1) is 13.8 Å². The first-order valence-electron chi connectivity index (χ1n) is 10.2. The summed E-state index contributed by atoms with van der Waals surface area (Å²) in [7, 11) is 1.61. The summed E-state index contributed by atoms with van der Waals surface area (Å²) in [6.45, 7) is 4.81. The van der Waals surface area contributed by atoms with Gasteiger partial charge in [-0.15, -0.1) is 0 Å². The van der Waals surface area contributed by atoms with Gasteiger partial charge in [0.25, 0.3) is 11.5 Å². The van der Waals surface area contributed by atoms with Crippen LogP contribution in [0.3, 0.4) is 0 Å². The number of hydrogen-bond donors (Lipinski definition) is 1. The average Bonchev–Trinajstić information content (AvgIpc) is 3.28. The number of methoxy groups -OCH3 is 1. The van der Waals surface area contributed by atoms with E-state index < -0.39 is 6.10 Å². The van der Waals surface area contributed by atoms with Crippen molar-refractivity contribution in [2.75, 3.05) is 18.6 Å². The van der Waals surface area contributed by atoms with E-state index in [0.717, 1.165) is 34.1 Å². The van der Waals surface area contributed by atoms with E-state index in [1.165, 1.54) is 0 Å². The van der Waals surface area contributed by atoms with E-state index >= 15 is 0 Å². The van der Waals surface area contributed by atoms with Gasteiger partial charge in [0.2, 0.25) is 0 Å². The van der Waals surface area contributed by atoms with Crippen molar-refractivity contribution in [2.24, 2.45) is 0 Å². The van der Waals surface area contributed by atoms with Crippen molar-refractivity contribution in [3.63, 3.8) is 0 Å². The highest BCUT2D eigenvalue weighted by Crippen LogP contribution is 2.25. The number of rotatable bonds is 5. The number of fused-ring (bicyclic) bond motifs is 1. The molecule has 0 saturated carbocycles. The van der Waals surface area contributed by atoms with Gasteiger partial charge in [0.1, 0.15) is 11.9 Å². The Morgan fingerprint density at radius 2 is 2.00 bits per heavy atom. The van der Waals surface area contributed by atoms with Crippen LogP contribution in [0.1, 0.15) is 29.5 Å². The van der Waals surface area contributed by atoms with Gasteiger partial charge < -0.3 is 19.4 Å². The van der Waals surface area contributed by atoms with Gasteiger partial charge in [0.15, 0.2) is 0 Å². The van der Waals surface area contributed by atoms with Crippen molar-refractivity contribution < 1.29 is 14.3 Å². The Morgan fingerprint density at radius 1 is 1.17 bits per heavy atom. The number of aryl methyl sites for hydroxylation is 2. The fourth-order valence-corrected chi connectivity index (χ4v) is 3.78. The summed E-state index contributed by atoms with van der Waals surface area (Å²) in [5.41, 5.74) is 4.05. The molecule has 30 heavy (non-hydrogen) atoms. The summed E-state index contributed by atoms with van der Waals surface area (Å²) in [6.07, 6.45) is 1.10. The number of benzene rings is 2. The van der Waals surface area contributed by atoms with Crippen LogP contribution in [0.4, 0.5) is 5.69 Å². The molecule has 4 rings (SSSR count). The Hall–Kier alpha value is -3.12. The minimum Gasteiger partial charge on any atom is -0.497 e. The van der Waals surface area contributed by atoms with E-state index in [4.69, 9.17) is 9.47 Å². The van der Waals surface area contributed by atoms with E-state index in [0.29, 0.717) is 24.3 Å². The molecule has 6 heteroatoms. The summed E-state index contributed by atoms with van der Waals surface area (Å²) < 4.78 is 10.9. The summed E-state index contributed by atoms with van der Waals surface area (Å²) in [5, 5.41) is 0.855. The Kier molecular flexibility index (Phi) is 5.59. The molecule has 156 valence electrons. The zero-order chi connectivity index (χ0) is 21.3. The molecule has 0 unspecified atom stereocenters. The number of carbonyl (C=O) groups is 1. The number of aromatic amines is 1. The Bertz CT molecular complexity index is 1150. The summed E-state index contributed by atoms with van der Waals surface area (Å²) in [5.74, 6) is 0.600. The first kappa shape index (κ1) is 20.2. The van der Waals surface area contributed by atoms with Crippen LogP contribution in [-0.2, 0) is 16.1 Å². The van der Waals surface area contributed by atoms with E-state index in [-0.39, 0.29) is 18.0 Å². The van der Waals surface area contributed by atoms with E-state index in [1.807, 2.05) is 50.2 Å². The smallest absolute Gasteiger partial charge is 0.256 e. The zero-order valence-corrected chi connectivity index (χ0v) is 17.5. The molecule has 1 aliphatic heterocycles. The number of H-pyrrole nitrogens is 1. The third-order valence-corrected chi connectivity index (χ3v) is 5.73. The average molecular weight is 406 g/mol. The molecule has 1 aromatic heterocycles. The normalized spacial score (nSPS) is 16.0. The minimum absolute atomic E-state index is 0.110. The van der Waals surface area contributed by atoms with Crippen LogP contribution >= 0.6 is 0 Å². The van der Waals surface area contributed by atoms with Gasteiger partial charge in [0.05, 0.1) is 13.7 Å². The molecule has 1 aliphatic rings. The number of carbonyl (C=O) groups excluding carboxylic acids is 1. The first-order chi connectivity index (χ1) is 14.5. The van der Waals surface area contributed by atoms with Gasteiger partial charge in [-0.1, -0.05) is 6.07 Å². The molecule has 0 spiro atoms. The van der Waals surface area contributed by atoms with Crippen molar-refractivity contribution >= 4 is 22.5 Å². The lowest BCUT2D eigenvalue weighted by atomic mass is 10.1. The van der Waals surface area contributed by atoms with Crippen LogP contribution in [0.2, 0.25) is 0 Å². The highest BCUT2D eigenvalue weighted by Gasteiger charge is 2.30. The SMILES string of the molecule is COc1ccc2[nH]c(=O)c(CN(C(=O)[C@@H]3CCCO3)c3ccc(C)c(C)c3)cc2c1. The minimum atomic E-state index is -0.466. The second-order valence-electron chi connectivity index (χ2n) is 7.77. The largest absolute Gasteiger partial charge is 0.497 e. The molecule has 2 aromatic carbocycles. The zero-order valence-electron chi connectivity index (χ0n) is 17.5. The third-order valence-electron chi connectivity index (χ3n) is 5.73. The molecule has 1 saturated heterocycles. The van der Waals surface area contributed by atoms with Gasteiger partial charge >= 0.3 is 0 Å². The van der Waals surface area contributed by atoms with E-state index in [1.54, 1.807) is 18.1 Å². The predicted octanol–water partition coefficient (Wildman–Crippen LogP) is 3.87. The van der Waals surface area contributed by atoms with Gasteiger partial charge in [-0.25, -0.2) is 0 Å². The number of pyridine rings is 1. The molecular weight excluding hydrogens is 380 g/mol. The molecule has 3 aromatic rings.